The Hall–Kier alpha value is -3.28. The van der Waals surface area contributed by atoms with Crippen LogP contribution in [0, 0.1) is 11.6 Å². The average molecular weight is 409 g/mol. The highest BCUT2D eigenvalue weighted by molar-refractivity contribution is 6.04. The Labute approximate surface area is 175 Å². The zero-order valence-electron chi connectivity index (χ0n) is 17.4. The third kappa shape index (κ3) is 4.82. The number of allylic oxidation sites excluding steroid dienone is 1. The Bertz CT molecular complexity index is 1000. The summed E-state index contributed by atoms with van der Waals surface area (Å²) in [6.07, 6.45) is 4.63. The van der Waals surface area contributed by atoms with E-state index in [1.807, 2.05) is 32.1 Å². The smallest absolute Gasteiger partial charge is 0.261 e. The molecule has 0 unspecified atom stereocenters. The lowest BCUT2D eigenvalue weighted by molar-refractivity contribution is 0.101. The molecule has 0 bridgehead atoms. The summed E-state index contributed by atoms with van der Waals surface area (Å²) in [5.74, 6) is -1.62. The third-order valence-corrected chi connectivity index (χ3v) is 5.17. The molecule has 0 saturated heterocycles. The van der Waals surface area contributed by atoms with Crippen molar-refractivity contribution in [3.63, 3.8) is 0 Å². The van der Waals surface area contributed by atoms with E-state index in [9.17, 15) is 13.6 Å². The lowest BCUT2D eigenvalue weighted by Crippen LogP contribution is -2.34. The Morgan fingerprint density at radius 3 is 2.43 bits per heavy atom. The van der Waals surface area contributed by atoms with E-state index in [0.29, 0.717) is 5.69 Å². The molecule has 3 rings (SSSR count). The molecule has 1 N–H and O–H groups in total. The van der Waals surface area contributed by atoms with Crippen molar-refractivity contribution < 1.29 is 13.6 Å². The first-order valence-corrected chi connectivity index (χ1v) is 9.85. The Kier molecular flexibility index (Phi) is 6.77. The van der Waals surface area contributed by atoms with Crippen molar-refractivity contribution in [3.05, 3.63) is 83.1 Å². The largest absolute Gasteiger partial charge is 0.356 e. The van der Waals surface area contributed by atoms with Crippen LogP contribution in [0.5, 0.6) is 0 Å². The van der Waals surface area contributed by atoms with Crippen molar-refractivity contribution in [2.75, 3.05) is 18.4 Å². The van der Waals surface area contributed by atoms with Crippen LogP contribution in [0.1, 0.15) is 43.1 Å². The molecule has 0 fully saturated rings. The number of carbonyl (C=O) groups is 1. The van der Waals surface area contributed by atoms with E-state index in [-0.39, 0.29) is 0 Å². The van der Waals surface area contributed by atoms with Gasteiger partial charge in [0.05, 0.1) is 0 Å². The number of aliphatic imine (C=N–C) groups is 1. The fourth-order valence-corrected chi connectivity index (χ4v) is 3.40. The monoisotopic (exact) mass is 409 g/mol. The van der Waals surface area contributed by atoms with E-state index in [2.05, 4.69) is 22.1 Å². The van der Waals surface area contributed by atoms with Crippen LogP contribution in [0.4, 0.5) is 14.5 Å². The number of anilines is 1. The summed E-state index contributed by atoms with van der Waals surface area (Å²) in [6.45, 7) is 7.74. The molecule has 30 heavy (non-hydrogen) atoms. The van der Waals surface area contributed by atoms with E-state index in [1.54, 1.807) is 18.3 Å². The van der Waals surface area contributed by atoms with Crippen LogP contribution in [0.2, 0.25) is 0 Å². The van der Waals surface area contributed by atoms with Gasteiger partial charge in [-0.1, -0.05) is 29.8 Å². The van der Waals surface area contributed by atoms with Gasteiger partial charge < -0.3 is 10.2 Å². The zero-order valence-corrected chi connectivity index (χ0v) is 17.4. The molecule has 4 nitrogen and oxygen atoms in total. The van der Waals surface area contributed by atoms with Crippen molar-refractivity contribution in [3.8, 4) is 0 Å². The van der Waals surface area contributed by atoms with Gasteiger partial charge in [0, 0.05) is 25.0 Å². The number of nitrogens with zero attached hydrogens (tertiary/aromatic N) is 2. The van der Waals surface area contributed by atoms with Crippen molar-refractivity contribution in [1.29, 1.82) is 0 Å². The van der Waals surface area contributed by atoms with E-state index < -0.39 is 23.1 Å². The summed E-state index contributed by atoms with van der Waals surface area (Å²) >= 11 is 0. The van der Waals surface area contributed by atoms with E-state index in [0.717, 1.165) is 43.0 Å². The molecule has 0 atom stereocenters. The van der Waals surface area contributed by atoms with Crippen LogP contribution in [-0.4, -0.2) is 29.7 Å². The molecule has 0 radical (unpaired) electrons. The Morgan fingerprint density at radius 1 is 1.13 bits per heavy atom. The normalized spacial score (nSPS) is 15.1. The highest BCUT2D eigenvalue weighted by Crippen LogP contribution is 2.28. The molecule has 2 aromatic carbocycles. The van der Waals surface area contributed by atoms with Gasteiger partial charge in [-0.25, -0.2) is 13.8 Å². The fourth-order valence-electron chi connectivity index (χ4n) is 3.40. The number of amides is 1. The van der Waals surface area contributed by atoms with E-state index in [4.69, 9.17) is 0 Å². The highest BCUT2D eigenvalue weighted by atomic mass is 19.1. The first-order chi connectivity index (χ1) is 14.4. The summed E-state index contributed by atoms with van der Waals surface area (Å²) < 4.78 is 27.6. The second kappa shape index (κ2) is 9.48. The maximum Gasteiger partial charge on any atom is 0.261 e. The second-order valence-electron chi connectivity index (χ2n) is 7.22. The van der Waals surface area contributed by atoms with Crippen molar-refractivity contribution in [1.82, 2.24) is 4.90 Å². The molecule has 6 heteroatoms. The number of carbonyl (C=O) groups excluding carboxylic acids is 1. The van der Waals surface area contributed by atoms with Crippen LogP contribution in [0.15, 0.2) is 65.3 Å². The molecule has 156 valence electrons. The maximum absolute atomic E-state index is 13.8. The first kappa shape index (κ1) is 21.4. The predicted molar refractivity (Wildman–Crippen MR) is 117 cm³/mol. The molecule has 1 aliphatic heterocycles. The summed E-state index contributed by atoms with van der Waals surface area (Å²) in [7, 11) is 0. The van der Waals surface area contributed by atoms with Crippen LogP contribution in [0.3, 0.4) is 0 Å². The fraction of sp³-hybridized carbons (Fsp3) is 0.250. The minimum absolute atomic E-state index is 0.475. The standard InChI is InChI=1S/C24H25F2N3O/c1-4-13-27-17(3)29-14-12-16(2)20(15-29)18-8-10-19(11-9-18)28-24(30)23-21(25)6-5-7-22(23)26/h4-11,13H,12,14-15H2,1-3H3,(H,28,30)/b13-4-,27-17?. The lowest BCUT2D eigenvalue weighted by atomic mass is 9.94. The molecular formula is C24H25F2N3O. The minimum Gasteiger partial charge on any atom is -0.356 e. The quantitative estimate of drug-likeness (QED) is 0.524. The van der Waals surface area contributed by atoms with Gasteiger partial charge in [0.15, 0.2) is 0 Å². The topological polar surface area (TPSA) is 44.7 Å². The molecule has 0 saturated carbocycles. The molecule has 0 spiro atoms. The SMILES string of the molecule is C/C=C\N=C(C)N1CCC(C)=C(c2ccc(NC(=O)c3c(F)cccc3F)cc2)C1. The molecular weight excluding hydrogens is 384 g/mol. The number of halogens is 2. The third-order valence-electron chi connectivity index (χ3n) is 5.17. The minimum atomic E-state index is -0.887. The second-order valence-corrected chi connectivity index (χ2v) is 7.22. The van der Waals surface area contributed by atoms with Crippen LogP contribution >= 0.6 is 0 Å². The molecule has 1 amide bonds. The van der Waals surface area contributed by atoms with Crippen LogP contribution in [-0.2, 0) is 0 Å². The van der Waals surface area contributed by atoms with Crippen molar-refractivity contribution >= 4 is 23.0 Å². The van der Waals surface area contributed by atoms with Gasteiger partial charge in [0.1, 0.15) is 23.0 Å². The summed E-state index contributed by atoms with van der Waals surface area (Å²) in [5, 5.41) is 2.56. The zero-order chi connectivity index (χ0) is 21.7. The predicted octanol–water partition coefficient (Wildman–Crippen LogP) is 5.65. The van der Waals surface area contributed by atoms with Gasteiger partial charge in [-0.15, -0.1) is 0 Å². The number of rotatable bonds is 4. The Balaban J connectivity index is 1.76. The van der Waals surface area contributed by atoms with Crippen molar-refractivity contribution in [2.24, 2.45) is 4.99 Å². The lowest BCUT2D eigenvalue weighted by Gasteiger charge is -2.31. The first-order valence-electron chi connectivity index (χ1n) is 9.85. The van der Waals surface area contributed by atoms with Gasteiger partial charge in [-0.05, 0) is 62.6 Å². The van der Waals surface area contributed by atoms with E-state index >= 15 is 0 Å². The average Bonchev–Trinajstić information content (AvgIpc) is 2.73. The molecule has 2 aromatic rings. The van der Waals surface area contributed by atoms with Crippen LogP contribution < -0.4 is 5.32 Å². The summed E-state index contributed by atoms with van der Waals surface area (Å²) in [4.78, 5) is 18.9. The molecule has 0 aliphatic carbocycles. The highest BCUT2D eigenvalue weighted by Gasteiger charge is 2.20. The number of hydrogen-bond donors (Lipinski definition) is 1. The van der Waals surface area contributed by atoms with Crippen LogP contribution in [0.25, 0.3) is 5.57 Å². The van der Waals surface area contributed by atoms with Gasteiger partial charge in [0.25, 0.3) is 5.91 Å². The van der Waals surface area contributed by atoms with Crippen molar-refractivity contribution in [2.45, 2.75) is 27.2 Å². The number of nitrogens with one attached hydrogen (secondary N) is 1. The van der Waals surface area contributed by atoms with Gasteiger partial charge in [0.2, 0.25) is 0 Å². The Morgan fingerprint density at radius 2 is 1.80 bits per heavy atom. The van der Waals surface area contributed by atoms with Gasteiger partial charge in [-0.2, -0.15) is 0 Å². The summed E-state index contributed by atoms with van der Waals surface area (Å²) in [6, 6.07) is 10.7. The number of amidine groups is 1. The molecule has 0 aromatic heterocycles. The number of hydrogen-bond acceptors (Lipinski definition) is 2. The maximum atomic E-state index is 13.8. The molecule has 1 aliphatic rings. The molecule has 1 heterocycles. The summed E-state index contributed by atoms with van der Waals surface area (Å²) in [5.41, 5.74) is 3.47. The van der Waals surface area contributed by atoms with E-state index in [1.165, 1.54) is 17.2 Å². The number of benzene rings is 2. The van der Waals surface area contributed by atoms with Gasteiger partial charge in [-0.3, -0.25) is 4.79 Å². The van der Waals surface area contributed by atoms with Gasteiger partial charge >= 0.3 is 0 Å².